The number of benzene rings is 1. The number of aromatic nitrogens is 1. The SMILES string of the molecule is Cc1cnc(CNCC(O)COc2c(Cl)cccc2Cl)o1. The molecule has 7 heteroatoms. The number of para-hydroxylation sites is 1. The molecule has 0 fully saturated rings. The van der Waals surface area contributed by atoms with Crippen molar-refractivity contribution in [3.05, 3.63) is 46.1 Å². The van der Waals surface area contributed by atoms with Gasteiger partial charge >= 0.3 is 0 Å². The minimum Gasteiger partial charge on any atom is -0.488 e. The second-order valence-corrected chi connectivity index (χ2v) is 5.33. The number of nitrogens with zero attached hydrogens (tertiary/aromatic N) is 1. The lowest BCUT2D eigenvalue weighted by atomic mass is 10.3. The average molecular weight is 331 g/mol. The Morgan fingerprint density at radius 3 is 2.71 bits per heavy atom. The van der Waals surface area contributed by atoms with E-state index in [9.17, 15) is 5.11 Å². The van der Waals surface area contributed by atoms with Crippen LogP contribution >= 0.6 is 23.2 Å². The predicted molar refractivity (Wildman–Crippen MR) is 80.9 cm³/mol. The van der Waals surface area contributed by atoms with Crippen molar-refractivity contribution in [3.8, 4) is 5.75 Å². The number of nitrogens with one attached hydrogen (secondary N) is 1. The molecule has 114 valence electrons. The molecule has 0 bridgehead atoms. The van der Waals surface area contributed by atoms with E-state index >= 15 is 0 Å². The third kappa shape index (κ3) is 4.89. The van der Waals surface area contributed by atoms with E-state index < -0.39 is 6.10 Å². The molecule has 2 N–H and O–H groups in total. The van der Waals surface area contributed by atoms with Crippen molar-refractivity contribution in [1.82, 2.24) is 10.3 Å². The average Bonchev–Trinajstić information content (AvgIpc) is 2.84. The Kier molecular flexibility index (Phi) is 5.87. The van der Waals surface area contributed by atoms with Crippen LogP contribution in [0, 0.1) is 6.92 Å². The number of hydrogen-bond acceptors (Lipinski definition) is 5. The lowest BCUT2D eigenvalue weighted by molar-refractivity contribution is 0.105. The van der Waals surface area contributed by atoms with Crippen molar-refractivity contribution in [2.45, 2.75) is 19.6 Å². The number of aliphatic hydroxyl groups excluding tert-OH is 1. The van der Waals surface area contributed by atoms with Crippen LogP contribution in [-0.2, 0) is 6.54 Å². The number of hydrogen-bond donors (Lipinski definition) is 2. The van der Waals surface area contributed by atoms with Crippen molar-refractivity contribution in [2.75, 3.05) is 13.2 Å². The topological polar surface area (TPSA) is 67.5 Å². The molecule has 1 heterocycles. The molecule has 1 unspecified atom stereocenters. The van der Waals surface area contributed by atoms with Crippen LogP contribution in [0.4, 0.5) is 0 Å². The highest BCUT2D eigenvalue weighted by Crippen LogP contribution is 2.32. The zero-order valence-corrected chi connectivity index (χ0v) is 13.0. The number of oxazole rings is 1. The van der Waals surface area contributed by atoms with Gasteiger partial charge in [-0.2, -0.15) is 0 Å². The van der Waals surface area contributed by atoms with Gasteiger partial charge in [0, 0.05) is 6.54 Å². The maximum atomic E-state index is 9.85. The van der Waals surface area contributed by atoms with Gasteiger partial charge in [-0.1, -0.05) is 29.3 Å². The molecule has 0 amide bonds. The van der Waals surface area contributed by atoms with Crippen LogP contribution < -0.4 is 10.1 Å². The Balaban J connectivity index is 1.73. The van der Waals surface area contributed by atoms with Gasteiger partial charge in [0.2, 0.25) is 5.89 Å². The smallest absolute Gasteiger partial charge is 0.208 e. The summed E-state index contributed by atoms with van der Waals surface area (Å²) < 4.78 is 10.7. The first kappa shape index (κ1) is 16.1. The van der Waals surface area contributed by atoms with E-state index in [0.29, 0.717) is 34.8 Å². The summed E-state index contributed by atoms with van der Waals surface area (Å²) in [5.74, 6) is 1.71. The molecule has 0 saturated carbocycles. The van der Waals surface area contributed by atoms with Gasteiger partial charge in [-0.25, -0.2) is 4.98 Å². The summed E-state index contributed by atoms with van der Waals surface area (Å²) in [6, 6.07) is 5.09. The third-order valence-corrected chi connectivity index (χ3v) is 3.26. The monoisotopic (exact) mass is 330 g/mol. The maximum Gasteiger partial charge on any atom is 0.208 e. The number of aryl methyl sites for hydroxylation is 1. The second kappa shape index (κ2) is 7.66. The Morgan fingerprint density at radius 2 is 2.10 bits per heavy atom. The van der Waals surface area contributed by atoms with Gasteiger partial charge in [-0.3, -0.25) is 0 Å². The fourth-order valence-corrected chi connectivity index (χ4v) is 2.19. The van der Waals surface area contributed by atoms with Crippen LogP contribution in [0.5, 0.6) is 5.75 Å². The van der Waals surface area contributed by atoms with Crippen molar-refractivity contribution < 1.29 is 14.3 Å². The highest BCUT2D eigenvalue weighted by atomic mass is 35.5. The van der Waals surface area contributed by atoms with E-state index in [4.69, 9.17) is 32.4 Å². The second-order valence-electron chi connectivity index (χ2n) is 4.51. The van der Waals surface area contributed by atoms with Gasteiger partial charge in [0.1, 0.15) is 18.5 Å². The lowest BCUT2D eigenvalue weighted by Gasteiger charge is -2.14. The van der Waals surface area contributed by atoms with E-state index in [1.54, 1.807) is 24.4 Å². The fraction of sp³-hybridized carbons (Fsp3) is 0.357. The molecule has 0 spiro atoms. The molecular weight excluding hydrogens is 315 g/mol. The first-order valence-electron chi connectivity index (χ1n) is 6.43. The minimum absolute atomic E-state index is 0.0844. The first-order valence-corrected chi connectivity index (χ1v) is 7.18. The zero-order chi connectivity index (χ0) is 15.2. The van der Waals surface area contributed by atoms with Gasteiger partial charge in [0.15, 0.2) is 5.75 Å². The largest absolute Gasteiger partial charge is 0.488 e. The van der Waals surface area contributed by atoms with Crippen molar-refractivity contribution in [3.63, 3.8) is 0 Å². The Hall–Kier alpha value is -1.27. The Morgan fingerprint density at radius 1 is 1.38 bits per heavy atom. The summed E-state index contributed by atoms with van der Waals surface area (Å²) in [5, 5.41) is 13.7. The molecule has 5 nitrogen and oxygen atoms in total. The van der Waals surface area contributed by atoms with Crippen molar-refractivity contribution >= 4 is 23.2 Å². The molecule has 0 saturated heterocycles. The van der Waals surface area contributed by atoms with Crippen LogP contribution in [0.1, 0.15) is 11.7 Å². The van der Waals surface area contributed by atoms with Gasteiger partial charge in [-0.15, -0.1) is 0 Å². The maximum absolute atomic E-state index is 9.85. The molecule has 1 aromatic carbocycles. The van der Waals surface area contributed by atoms with Gasteiger partial charge in [-0.05, 0) is 19.1 Å². The normalized spacial score (nSPS) is 12.4. The predicted octanol–water partition coefficient (Wildman–Crippen LogP) is 2.82. The molecule has 2 rings (SSSR count). The highest BCUT2D eigenvalue weighted by molar-refractivity contribution is 6.37. The van der Waals surface area contributed by atoms with E-state index in [2.05, 4.69) is 10.3 Å². The van der Waals surface area contributed by atoms with Gasteiger partial charge < -0.3 is 19.6 Å². The van der Waals surface area contributed by atoms with Gasteiger partial charge in [0.25, 0.3) is 0 Å². The molecule has 0 aliphatic carbocycles. The molecule has 0 radical (unpaired) electrons. The van der Waals surface area contributed by atoms with Crippen LogP contribution in [0.2, 0.25) is 10.0 Å². The highest BCUT2D eigenvalue weighted by Gasteiger charge is 2.10. The molecule has 0 aliphatic heterocycles. The summed E-state index contributed by atoms with van der Waals surface area (Å²) in [7, 11) is 0. The fourth-order valence-electron chi connectivity index (χ4n) is 1.69. The van der Waals surface area contributed by atoms with E-state index in [0.717, 1.165) is 5.76 Å². The van der Waals surface area contributed by atoms with Gasteiger partial charge in [0.05, 0.1) is 22.8 Å². The quantitative estimate of drug-likeness (QED) is 0.817. The van der Waals surface area contributed by atoms with Crippen LogP contribution in [0.3, 0.4) is 0 Å². The summed E-state index contributed by atoms with van der Waals surface area (Å²) in [6.07, 6.45) is 0.948. The molecule has 21 heavy (non-hydrogen) atoms. The van der Waals surface area contributed by atoms with Crippen LogP contribution in [-0.4, -0.2) is 29.3 Å². The van der Waals surface area contributed by atoms with E-state index in [1.807, 2.05) is 6.92 Å². The van der Waals surface area contributed by atoms with Crippen molar-refractivity contribution in [2.24, 2.45) is 0 Å². The number of ether oxygens (including phenoxy) is 1. The number of aliphatic hydroxyl groups is 1. The molecule has 1 aromatic heterocycles. The zero-order valence-electron chi connectivity index (χ0n) is 11.5. The third-order valence-electron chi connectivity index (χ3n) is 2.66. The molecular formula is C14H16Cl2N2O3. The number of halogens is 2. The van der Waals surface area contributed by atoms with Crippen LogP contribution in [0.25, 0.3) is 0 Å². The standard InChI is InChI=1S/C14H16Cl2N2O3/c1-9-5-18-13(21-9)7-17-6-10(19)8-20-14-11(15)3-2-4-12(14)16/h2-5,10,17,19H,6-8H2,1H3. The minimum atomic E-state index is -0.701. The molecule has 0 aliphatic rings. The first-order chi connectivity index (χ1) is 10.1. The molecule has 1 atom stereocenters. The summed E-state index contributed by atoms with van der Waals surface area (Å²) in [4.78, 5) is 4.05. The summed E-state index contributed by atoms with van der Waals surface area (Å²) in [6.45, 7) is 2.69. The Labute approximate surface area is 132 Å². The number of rotatable bonds is 7. The van der Waals surface area contributed by atoms with E-state index in [-0.39, 0.29) is 6.61 Å². The molecule has 2 aromatic rings. The van der Waals surface area contributed by atoms with Crippen LogP contribution in [0.15, 0.2) is 28.8 Å². The summed E-state index contributed by atoms with van der Waals surface area (Å²) >= 11 is 11.9. The summed E-state index contributed by atoms with van der Waals surface area (Å²) in [5.41, 5.74) is 0. The van der Waals surface area contributed by atoms with Crippen molar-refractivity contribution in [1.29, 1.82) is 0 Å². The Bertz CT molecular complexity index is 569. The lowest BCUT2D eigenvalue weighted by Crippen LogP contribution is -2.31. The van der Waals surface area contributed by atoms with E-state index in [1.165, 1.54) is 0 Å².